The van der Waals surface area contributed by atoms with Gasteiger partial charge in [0.1, 0.15) is 17.9 Å². The summed E-state index contributed by atoms with van der Waals surface area (Å²) in [6, 6.07) is 18.8. The number of imide groups is 2. The Kier molecular flexibility index (Phi) is 6.74. The van der Waals surface area contributed by atoms with Gasteiger partial charge in [-0.3, -0.25) is 14.9 Å². The fourth-order valence-corrected chi connectivity index (χ4v) is 4.44. The summed E-state index contributed by atoms with van der Waals surface area (Å²) >= 11 is 12.1. The summed E-state index contributed by atoms with van der Waals surface area (Å²) < 4.78 is 7.82. The lowest BCUT2D eigenvalue weighted by atomic mass is 10.1. The van der Waals surface area contributed by atoms with Crippen molar-refractivity contribution >= 4 is 63.7 Å². The summed E-state index contributed by atoms with van der Waals surface area (Å²) in [5, 5.41) is 4.14. The van der Waals surface area contributed by atoms with Gasteiger partial charge in [-0.1, -0.05) is 47.5 Å². The average Bonchev–Trinajstić information content (AvgIpc) is 3.22. The molecule has 5 rings (SSSR count). The van der Waals surface area contributed by atoms with Crippen LogP contribution >= 0.6 is 23.2 Å². The van der Waals surface area contributed by atoms with E-state index in [9.17, 15) is 14.4 Å². The average molecular weight is 534 g/mol. The van der Waals surface area contributed by atoms with Crippen LogP contribution in [0.2, 0.25) is 10.0 Å². The number of hydrogen-bond acceptors (Lipinski definition) is 4. The van der Waals surface area contributed by atoms with Crippen molar-refractivity contribution in [2.24, 2.45) is 0 Å². The van der Waals surface area contributed by atoms with E-state index in [1.165, 1.54) is 12.1 Å². The third-order valence-corrected chi connectivity index (χ3v) is 6.71. The monoisotopic (exact) mass is 533 g/mol. The highest BCUT2D eigenvalue weighted by molar-refractivity contribution is 6.39. The number of carbonyl (C=O) groups is 3. The smallest absolute Gasteiger partial charge is 0.335 e. The molecule has 186 valence electrons. The van der Waals surface area contributed by atoms with E-state index in [4.69, 9.17) is 27.9 Å². The molecule has 1 aliphatic rings. The Balaban J connectivity index is 1.45. The first-order valence-corrected chi connectivity index (χ1v) is 12.2. The van der Waals surface area contributed by atoms with Crippen molar-refractivity contribution in [1.82, 2.24) is 9.88 Å². The lowest BCUT2D eigenvalue weighted by molar-refractivity contribution is -0.122. The van der Waals surface area contributed by atoms with Gasteiger partial charge in [0.2, 0.25) is 0 Å². The molecule has 0 atom stereocenters. The molecule has 7 nitrogen and oxygen atoms in total. The van der Waals surface area contributed by atoms with Crippen molar-refractivity contribution < 1.29 is 19.1 Å². The highest BCUT2D eigenvalue weighted by Gasteiger charge is 2.37. The molecule has 1 fully saturated rings. The van der Waals surface area contributed by atoms with Gasteiger partial charge in [-0.25, -0.2) is 9.69 Å². The lowest BCUT2D eigenvalue weighted by Gasteiger charge is -2.26. The number of aryl methyl sites for hydroxylation is 1. The van der Waals surface area contributed by atoms with E-state index >= 15 is 0 Å². The number of hydrogen-bond donors (Lipinski definition) is 1. The molecule has 1 aliphatic heterocycles. The van der Waals surface area contributed by atoms with Crippen molar-refractivity contribution in [3.05, 3.63) is 99.7 Å². The van der Waals surface area contributed by atoms with E-state index in [1.807, 2.05) is 42.0 Å². The SMILES string of the molecule is Cc1ccc(N2C(=O)NC(=O)/C(=C/c3cn(CCOc4ccc(Cl)cc4)c4ccccc34)C2=O)cc1Cl. The molecule has 0 spiro atoms. The number of urea groups is 1. The molecule has 1 N–H and O–H groups in total. The second-order valence-corrected chi connectivity index (χ2v) is 9.33. The number of rotatable bonds is 6. The van der Waals surface area contributed by atoms with Gasteiger partial charge in [0.05, 0.1) is 12.2 Å². The van der Waals surface area contributed by atoms with Crippen molar-refractivity contribution in [2.45, 2.75) is 13.5 Å². The minimum Gasteiger partial charge on any atom is -0.492 e. The third-order valence-electron chi connectivity index (χ3n) is 6.05. The number of nitrogens with zero attached hydrogens (tertiary/aromatic N) is 2. The predicted molar refractivity (Wildman–Crippen MR) is 144 cm³/mol. The minimum absolute atomic E-state index is 0.156. The van der Waals surface area contributed by atoms with E-state index in [1.54, 1.807) is 36.4 Å². The molecule has 4 aromatic rings. The van der Waals surface area contributed by atoms with E-state index in [0.717, 1.165) is 21.4 Å². The van der Waals surface area contributed by atoms with Crippen molar-refractivity contribution in [1.29, 1.82) is 0 Å². The predicted octanol–water partition coefficient (Wildman–Crippen LogP) is 6.00. The first-order chi connectivity index (χ1) is 17.8. The molecule has 3 aromatic carbocycles. The molecule has 37 heavy (non-hydrogen) atoms. The quantitative estimate of drug-likeness (QED) is 0.243. The van der Waals surface area contributed by atoms with E-state index in [2.05, 4.69) is 5.32 Å². The highest BCUT2D eigenvalue weighted by Crippen LogP contribution is 2.29. The van der Waals surface area contributed by atoms with Gasteiger partial charge in [-0.05, 0) is 61.0 Å². The second-order valence-electron chi connectivity index (χ2n) is 8.49. The number of para-hydroxylation sites is 1. The molecule has 1 aromatic heterocycles. The molecule has 0 aliphatic carbocycles. The zero-order chi connectivity index (χ0) is 26.1. The van der Waals surface area contributed by atoms with Crippen molar-refractivity contribution in [3.63, 3.8) is 0 Å². The van der Waals surface area contributed by atoms with Crippen LogP contribution in [0.25, 0.3) is 17.0 Å². The normalized spacial score (nSPS) is 14.9. The molecule has 0 unspecified atom stereocenters. The molecule has 0 radical (unpaired) electrons. The number of carbonyl (C=O) groups excluding carboxylic acids is 3. The van der Waals surface area contributed by atoms with Gasteiger partial charge in [0, 0.05) is 32.7 Å². The first-order valence-electron chi connectivity index (χ1n) is 11.5. The summed E-state index contributed by atoms with van der Waals surface area (Å²) in [4.78, 5) is 39.5. The minimum atomic E-state index is -0.825. The van der Waals surface area contributed by atoms with Crippen LogP contribution in [-0.2, 0) is 16.1 Å². The number of amides is 4. The standard InChI is InChI=1S/C28H21Cl2N3O4/c1-17-6-9-20(15-24(17)30)33-27(35)23(26(34)31-28(33)36)14-18-16-32(25-5-3-2-4-22(18)25)12-13-37-21-10-7-19(29)8-11-21/h2-11,14-16H,12-13H2,1H3,(H,31,34,36)/b23-14-. The summed E-state index contributed by atoms with van der Waals surface area (Å²) in [6.45, 7) is 2.74. The van der Waals surface area contributed by atoms with Crippen LogP contribution < -0.4 is 15.0 Å². The first kappa shape index (κ1) is 24.6. The van der Waals surface area contributed by atoms with Gasteiger partial charge >= 0.3 is 6.03 Å². The van der Waals surface area contributed by atoms with Gasteiger partial charge in [0.25, 0.3) is 11.8 Å². The number of barbiturate groups is 1. The molecule has 0 bridgehead atoms. The number of nitrogens with one attached hydrogen (secondary N) is 1. The largest absolute Gasteiger partial charge is 0.492 e. The molecule has 0 saturated carbocycles. The van der Waals surface area contributed by atoms with E-state index in [0.29, 0.717) is 34.5 Å². The van der Waals surface area contributed by atoms with Crippen LogP contribution in [0.1, 0.15) is 11.1 Å². The summed E-state index contributed by atoms with van der Waals surface area (Å²) in [5.74, 6) is -0.780. The Labute approximate surface area is 222 Å². The van der Waals surface area contributed by atoms with Crippen molar-refractivity contribution in [3.8, 4) is 5.75 Å². The number of halogens is 2. The Bertz CT molecular complexity index is 1570. The van der Waals surface area contributed by atoms with Gasteiger partial charge in [0.15, 0.2) is 0 Å². The fourth-order valence-electron chi connectivity index (χ4n) is 4.14. The Morgan fingerprint density at radius 1 is 0.973 bits per heavy atom. The third kappa shape index (κ3) is 4.96. The molecule has 1 saturated heterocycles. The molecule has 2 heterocycles. The number of fused-ring (bicyclic) bond motifs is 1. The second kappa shape index (κ2) is 10.1. The Morgan fingerprint density at radius 2 is 1.73 bits per heavy atom. The number of ether oxygens (including phenoxy) is 1. The van der Waals surface area contributed by atoms with E-state index in [-0.39, 0.29) is 11.3 Å². The maximum Gasteiger partial charge on any atom is 0.335 e. The molecule has 9 heteroatoms. The topological polar surface area (TPSA) is 80.6 Å². The molecule has 4 amide bonds. The summed E-state index contributed by atoms with van der Waals surface area (Å²) in [5.41, 5.74) is 2.50. The fraction of sp³-hybridized carbons (Fsp3) is 0.107. The van der Waals surface area contributed by atoms with Crippen LogP contribution in [0.3, 0.4) is 0 Å². The Morgan fingerprint density at radius 3 is 2.49 bits per heavy atom. The van der Waals surface area contributed by atoms with Crippen LogP contribution in [0, 0.1) is 6.92 Å². The highest BCUT2D eigenvalue weighted by atomic mass is 35.5. The Hall–Kier alpha value is -4.07. The van der Waals surface area contributed by atoms with Crippen LogP contribution in [0.5, 0.6) is 5.75 Å². The van der Waals surface area contributed by atoms with Crippen LogP contribution in [-0.4, -0.2) is 29.0 Å². The number of benzene rings is 3. The van der Waals surface area contributed by atoms with Gasteiger partial charge < -0.3 is 9.30 Å². The summed E-state index contributed by atoms with van der Waals surface area (Å²) in [6.07, 6.45) is 3.36. The lowest BCUT2D eigenvalue weighted by Crippen LogP contribution is -2.54. The molecular weight excluding hydrogens is 513 g/mol. The maximum absolute atomic E-state index is 13.3. The van der Waals surface area contributed by atoms with E-state index < -0.39 is 17.8 Å². The van der Waals surface area contributed by atoms with Gasteiger partial charge in [-0.15, -0.1) is 0 Å². The number of anilines is 1. The molecular formula is C28H21Cl2N3O4. The zero-order valence-electron chi connectivity index (χ0n) is 19.7. The van der Waals surface area contributed by atoms with Crippen molar-refractivity contribution in [2.75, 3.05) is 11.5 Å². The van der Waals surface area contributed by atoms with Gasteiger partial charge in [-0.2, -0.15) is 0 Å². The maximum atomic E-state index is 13.3. The zero-order valence-corrected chi connectivity index (χ0v) is 21.2. The van der Waals surface area contributed by atoms with Crippen LogP contribution in [0.4, 0.5) is 10.5 Å². The van der Waals surface area contributed by atoms with Crippen LogP contribution in [0.15, 0.2) is 78.5 Å². The number of aromatic nitrogens is 1. The summed E-state index contributed by atoms with van der Waals surface area (Å²) in [7, 11) is 0.